The Morgan fingerprint density at radius 1 is 1.08 bits per heavy atom. The number of sulfonamides is 1. The molecule has 1 N–H and O–H groups in total. The highest BCUT2D eigenvalue weighted by molar-refractivity contribution is 7.91. The smallest absolute Gasteiger partial charge is 0.263 e. The monoisotopic (exact) mass is 556 g/mol. The largest absolute Gasteiger partial charge is 0.473 e. The summed E-state index contributed by atoms with van der Waals surface area (Å²) in [5.74, 6) is 0.729. The number of ether oxygens (including phenoxy) is 1. The number of hydrogen-bond donors (Lipinski definition) is 1. The lowest BCUT2D eigenvalue weighted by Gasteiger charge is -2.38. The van der Waals surface area contributed by atoms with Crippen molar-refractivity contribution >= 4 is 15.9 Å². The molecule has 1 unspecified atom stereocenters. The second kappa shape index (κ2) is 11.7. The van der Waals surface area contributed by atoms with Crippen molar-refractivity contribution in [1.82, 2.24) is 4.90 Å². The number of nitrogens with zero attached hydrogens (tertiary/aromatic N) is 2. The number of aliphatic hydroxyl groups excluding tert-OH is 1. The Balaban J connectivity index is 1.25. The highest BCUT2D eigenvalue weighted by atomic mass is 32.2. The van der Waals surface area contributed by atoms with Gasteiger partial charge in [-0.2, -0.15) is 0 Å². The molecule has 2 aromatic carbocycles. The Labute approximate surface area is 232 Å². The summed E-state index contributed by atoms with van der Waals surface area (Å²) >= 11 is 0. The predicted molar refractivity (Wildman–Crippen MR) is 152 cm³/mol. The Bertz CT molecular complexity index is 1270. The van der Waals surface area contributed by atoms with E-state index in [1.165, 1.54) is 43.9 Å². The lowest BCUT2D eigenvalue weighted by molar-refractivity contribution is 0.0797. The van der Waals surface area contributed by atoms with Crippen molar-refractivity contribution in [2.75, 3.05) is 26.2 Å². The van der Waals surface area contributed by atoms with Gasteiger partial charge in [-0.25, -0.2) is 12.8 Å². The van der Waals surface area contributed by atoms with E-state index < -0.39 is 26.8 Å². The van der Waals surface area contributed by atoms with Crippen molar-refractivity contribution in [2.24, 2.45) is 10.3 Å². The molecule has 0 radical (unpaired) electrons. The number of hydrogen-bond acceptors (Lipinski definition) is 5. The van der Waals surface area contributed by atoms with E-state index >= 15 is 0 Å². The second-order valence-electron chi connectivity index (χ2n) is 12.1. The summed E-state index contributed by atoms with van der Waals surface area (Å²) in [5, 5.41) is 8.72. The molecule has 5 rings (SSSR count). The molecular weight excluding hydrogens is 515 g/mol. The normalized spacial score (nSPS) is 24.1. The van der Waals surface area contributed by atoms with Gasteiger partial charge in [0.05, 0.1) is 0 Å². The van der Waals surface area contributed by atoms with Crippen LogP contribution in [-0.4, -0.2) is 61.4 Å². The van der Waals surface area contributed by atoms with Crippen molar-refractivity contribution in [1.29, 1.82) is 0 Å². The van der Waals surface area contributed by atoms with Crippen molar-refractivity contribution in [3.8, 4) is 0 Å². The molecule has 3 aliphatic rings. The number of rotatable bonds is 10. The molecular formula is C31H41FN2O4S. The number of piperidine rings is 1. The quantitative estimate of drug-likeness (QED) is 0.423. The molecule has 2 heterocycles. The summed E-state index contributed by atoms with van der Waals surface area (Å²) in [7, 11) is -3.87. The standard InChI is InChI=1S/C31H41FN2O4S/c1-31(2)29(19-22-9-11-24(12-10-22)25-13-16-34(17-14-25)21-23-7-8-23)39(36,37)33-30(38-31)20-26(15-18-35)27-5-3-4-6-28(27)32/h3-6,9-12,23,25-26,29,35H,7-8,13-21H2,1-2H3/t26-,29?/m1/s1. The maximum absolute atomic E-state index is 14.5. The van der Waals surface area contributed by atoms with Gasteiger partial charge in [0.2, 0.25) is 5.90 Å². The minimum absolute atomic E-state index is 0.0707. The van der Waals surface area contributed by atoms with Gasteiger partial charge in [-0.1, -0.05) is 42.5 Å². The Kier molecular flexibility index (Phi) is 8.45. The molecule has 0 spiro atoms. The van der Waals surface area contributed by atoms with E-state index in [0.717, 1.165) is 24.6 Å². The number of likely N-dealkylation sites (tertiary alicyclic amines) is 1. The second-order valence-corrected chi connectivity index (χ2v) is 13.9. The minimum atomic E-state index is -3.87. The van der Waals surface area contributed by atoms with Crippen LogP contribution in [0.5, 0.6) is 0 Å². The van der Waals surface area contributed by atoms with Gasteiger partial charge in [0.25, 0.3) is 10.0 Å². The number of halogens is 1. The molecule has 6 nitrogen and oxygen atoms in total. The first-order valence-electron chi connectivity index (χ1n) is 14.3. The van der Waals surface area contributed by atoms with Gasteiger partial charge in [-0.3, -0.25) is 0 Å². The predicted octanol–water partition coefficient (Wildman–Crippen LogP) is 5.42. The van der Waals surface area contributed by atoms with Gasteiger partial charge in [0, 0.05) is 19.6 Å². The van der Waals surface area contributed by atoms with E-state index in [0.29, 0.717) is 17.9 Å². The zero-order valence-corrected chi connectivity index (χ0v) is 23.9. The van der Waals surface area contributed by atoms with E-state index in [1.54, 1.807) is 32.0 Å². The summed E-state index contributed by atoms with van der Waals surface area (Å²) in [6, 6.07) is 14.8. The molecule has 2 fully saturated rings. The maximum atomic E-state index is 14.5. The fourth-order valence-electron chi connectivity index (χ4n) is 6.18. The van der Waals surface area contributed by atoms with Crippen LogP contribution in [-0.2, 0) is 21.2 Å². The van der Waals surface area contributed by atoms with Crippen LogP contribution >= 0.6 is 0 Å². The molecule has 2 aromatic rings. The molecule has 1 aliphatic carbocycles. The van der Waals surface area contributed by atoms with Crippen LogP contribution in [0.2, 0.25) is 0 Å². The summed E-state index contributed by atoms with van der Waals surface area (Å²) in [5.41, 5.74) is 1.68. The third-order valence-corrected chi connectivity index (χ3v) is 10.6. The maximum Gasteiger partial charge on any atom is 0.263 e. The van der Waals surface area contributed by atoms with Crippen LogP contribution in [0.15, 0.2) is 52.9 Å². The molecule has 2 atom stereocenters. The molecule has 8 heteroatoms. The van der Waals surface area contributed by atoms with Crippen molar-refractivity contribution < 1.29 is 22.7 Å². The highest BCUT2D eigenvalue weighted by Gasteiger charge is 2.46. The SMILES string of the molecule is CC1(C)OC(C[C@@H](CCO)c2ccccc2F)=NS(=O)(=O)C1Cc1ccc(C2CCN(CC3CC3)CC2)cc1. The van der Waals surface area contributed by atoms with Crippen LogP contribution in [0.25, 0.3) is 0 Å². The van der Waals surface area contributed by atoms with E-state index in [1.807, 2.05) is 12.1 Å². The fraction of sp³-hybridized carbons (Fsp3) is 0.581. The van der Waals surface area contributed by atoms with Crippen LogP contribution in [0.4, 0.5) is 4.39 Å². The van der Waals surface area contributed by atoms with E-state index in [-0.39, 0.29) is 31.2 Å². The number of aliphatic hydroxyl groups is 1. The summed E-state index contributed by atoms with van der Waals surface area (Å²) in [6.45, 7) is 6.97. The molecule has 0 aromatic heterocycles. The van der Waals surface area contributed by atoms with Crippen molar-refractivity contribution in [3.63, 3.8) is 0 Å². The average molecular weight is 557 g/mol. The van der Waals surface area contributed by atoms with Gasteiger partial charge >= 0.3 is 0 Å². The third-order valence-electron chi connectivity index (χ3n) is 8.66. The molecule has 0 amide bonds. The third kappa shape index (κ3) is 6.90. The fourth-order valence-corrected chi connectivity index (χ4v) is 7.87. The molecule has 2 aliphatic heterocycles. The van der Waals surface area contributed by atoms with Gasteiger partial charge in [0.15, 0.2) is 0 Å². The molecule has 0 bridgehead atoms. The Morgan fingerprint density at radius 3 is 2.38 bits per heavy atom. The first-order valence-corrected chi connectivity index (χ1v) is 15.8. The molecule has 1 saturated heterocycles. The average Bonchev–Trinajstić information content (AvgIpc) is 3.71. The van der Waals surface area contributed by atoms with Crippen molar-refractivity contribution in [2.45, 2.75) is 81.5 Å². The van der Waals surface area contributed by atoms with Gasteiger partial charge in [-0.15, -0.1) is 4.40 Å². The van der Waals surface area contributed by atoms with E-state index in [2.05, 4.69) is 21.4 Å². The Morgan fingerprint density at radius 2 is 1.77 bits per heavy atom. The molecule has 212 valence electrons. The lowest BCUT2D eigenvalue weighted by atomic mass is 9.88. The summed E-state index contributed by atoms with van der Waals surface area (Å²) < 4.78 is 51.4. The topological polar surface area (TPSA) is 79.2 Å². The van der Waals surface area contributed by atoms with Crippen LogP contribution in [0, 0.1) is 11.7 Å². The minimum Gasteiger partial charge on any atom is -0.473 e. The first kappa shape index (κ1) is 28.2. The highest BCUT2D eigenvalue weighted by Crippen LogP contribution is 2.36. The number of benzene rings is 2. The lowest BCUT2D eigenvalue weighted by Crippen LogP contribution is -2.50. The zero-order valence-electron chi connectivity index (χ0n) is 23.1. The van der Waals surface area contributed by atoms with Gasteiger partial charge < -0.3 is 14.7 Å². The molecule has 39 heavy (non-hydrogen) atoms. The summed E-state index contributed by atoms with van der Waals surface area (Å²) in [6.07, 6.45) is 5.82. The zero-order chi connectivity index (χ0) is 27.6. The van der Waals surface area contributed by atoms with Crippen molar-refractivity contribution in [3.05, 3.63) is 71.0 Å². The van der Waals surface area contributed by atoms with E-state index in [9.17, 15) is 17.9 Å². The first-order chi connectivity index (χ1) is 18.6. The molecule has 1 saturated carbocycles. The van der Waals surface area contributed by atoms with Gasteiger partial charge in [-0.05, 0) is 106 Å². The summed E-state index contributed by atoms with van der Waals surface area (Å²) in [4.78, 5) is 2.61. The van der Waals surface area contributed by atoms with Crippen LogP contribution in [0.1, 0.15) is 80.9 Å². The Hall–Kier alpha value is -2.29. The van der Waals surface area contributed by atoms with Crippen LogP contribution < -0.4 is 0 Å². The van der Waals surface area contributed by atoms with Crippen LogP contribution in [0.3, 0.4) is 0 Å². The van der Waals surface area contributed by atoms with E-state index in [4.69, 9.17) is 4.74 Å². The van der Waals surface area contributed by atoms with Gasteiger partial charge in [0.1, 0.15) is 16.7 Å².